The Labute approximate surface area is 162 Å². The molecule has 2 atom stereocenters. The second-order valence-corrected chi connectivity index (χ2v) is 6.97. The summed E-state index contributed by atoms with van der Waals surface area (Å²) >= 11 is 3.43. The van der Waals surface area contributed by atoms with Crippen molar-refractivity contribution in [3.05, 3.63) is 64.6 Å². The Morgan fingerprint density at radius 1 is 1.20 bits per heavy atom. The van der Waals surface area contributed by atoms with Crippen molar-refractivity contribution in [3.8, 4) is 5.75 Å². The van der Waals surface area contributed by atoms with E-state index in [2.05, 4.69) is 21.2 Å². The summed E-state index contributed by atoms with van der Waals surface area (Å²) in [5, 5.41) is 3.06. The highest BCUT2D eigenvalue weighted by molar-refractivity contribution is 9.10. The molecule has 1 amide bonds. The first kappa shape index (κ1) is 19.8. The zero-order valence-electron chi connectivity index (χ0n) is 13.7. The van der Waals surface area contributed by atoms with Gasteiger partial charge in [0.1, 0.15) is 5.75 Å². The number of benzene rings is 2. The maximum absolute atomic E-state index is 12.8. The van der Waals surface area contributed by atoms with Gasteiger partial charge in [-0.1, -0.05) is 52.3 Å². The molecule has 2 aromatic carbocycles. The Morgan fingerprint density at radius 2 is 1.92 bits per heavy atom. The van der Waals surface area contributed by atoms with E-state index in [1.165, 1.54) is 0 Å². The predicted octanol–water partition coefficient (Wildman–Crippen LogP) is 3.84. The fourth-order valence-electron chi connectivity index (χ4n) is 2.70. The minimum Gasteiger partial charge on any atom is -0.476 e. The number of ether oxygens (including phenoxy) is 1. The monoisotopic (exact) mass is 424 g/mol. The van der Waals surface area contributed by atoms with Crippen molar-refractivity contribution in [2.45, 2.75) is 25.0 Å². The molecule has 0 aromatic heterocycles. The molecule has 0 bridgehead atoms. The van der Waals surface area contributed by atoms with Gasteiger partial charge in [0, 0.05) is 22.6 Å². The van der Waals surface area contributed by atoms with Crippen LogP contribution in [0.2, 0.25) is 0 Å². The van der Waals surface area contributed by atoms with E-state index in [0.29, 0.717) is 18.2 Å². The van der Waals surface area contributed by atoms with Crippen LogP contribution in [-0.4, -0.2) is 18.5 Å². The molecule has 3 N–H and O–H groups in total. The van der Waals surface area contributed by atoms with Gasteiger partial charge in [0.2, 0.25) is 6.10 Å². The van der Waals surface area contributed by atoms with E-state index in [-0.39, 0.29) is 24.4 Å². The molecular weight excluding hydrogens is 404 g/mol. The molecule has 1 aliphatic carbocycles. The van der Waals surface area contributed by atoms with Gasteiger partial charge < -0.3 is 15.8 Å². The molecule has 0 heterocycles. The van der Waals surface area contributed by atoms with Crippen LogP contribution in [0.1, 0.15) is 24.5 Å². The zero-order valence-corrected chi connectivity index (χ0v) is 16.1. The molecule has 1 fully saturated rings. The molecule has 0 radical (unpaired) electrons. The van der Waals surface area contributed by atoms with Crippen molar-refractivity contribution < 1.29 is 9.53 Å². The van der Waals surface area contributed by atoms with E-state index < -0.39 is 6.10 Å². The summed E-state index contributed by atoms with van der Waals surface area (Å²) in [7, 11) is 0. The molecule has 2 unspecified atom stereocenters. The van der Waals surface area contributed by atoms with Gasteiger partial charge in [-0.05, 0) is 37.0 Å². The highest BCUT2D eigenvalue weighted by Crippen LogP contribution is 2.33. The number of hydrogen-bond donors (Lipinski definition) is 2. The van der Waals surface area contributed by atoms with Crippen molar-refractivity contribution in [1.29, 1.82) is 0 Å². The first-order chi connectivity index (χ1) is 11.7. The Hall–Kier alpha value is -1.56. The average Bonchev–Trinajstić information content (AvgIpc) is 3.43. The van der Waals surface area contributed by atoms with Crippen molar-refractivity contribution in [2.24, 2.45) is 11.7 Å². The molecule has 1 saturated carbocycles. The quantitative estimate of drug-likeness (QED) is 0.708. The Morgan fingerprint density at radius 3 is 2.52 bits per heavy atom. The third kappa shape index (κ3) is 5.46. The first-order valence-electron chi connectivity index (χ1n) is 8.15. The Bertz CT molecular complexity index is 695. The molecule has 0 saturated heterocycles. The van der Waals surface area contributed by atoms with Gasteiger partial charge in [-0.15, -0.1) is 12.4 Å². The second-order valence-electron chi connectivity index (χ2n) is 6.05. The molecule has 3 rings (SSSR count). The summed E-state index contributed by atoms with van der Waals surface area (Å²) in [6, 6.07) is 17.0. The van der Waals surface area contributed by atoms with E-state index >= 15 is 0 Å². The van der Waals surface area contributed by atoms with Gasteiger partial charge in [0.15, 0.2) is 0 Å². The maximum Gasteiger partial charge on any atom is 0.266 e. The fourth-order valence-corrected chi connectivity index (χ4v) is 3.08. The maximum atomic E-state index is 12.8. The summed E-state index contributed by atoms with van der Waals surface area (Å²) < 4.78 is 6.91. The van der Waals surface area contributed by atoms with Gasteiger partial charge in [0.25, 0.3) is 5.91 Å². The van der Waals surface area contributed by atoms with E-state index in [1.54, 1.807) is 0 Å². The summed E-state index contributed by atoms with van der Waals surface area (Å²) in [5.74, 6) is 0.994. The van der Waals surface area contributed by atoms with Crippen molar-refractivity contribution >= 4 is 34.2 Å². The van der Waals surface area contributed by atoms with E-state index in [0.717, 1.165) is 22.9 Å². The standard InChI is InChI=1S/C19H21BrN2O2.ClH/c20-15-7-4-8-16(11-15)24-18(14-5-2-1-3-6-14)19(23)22-17(12-21)13-9-10-13;/h1-8,11,13,17-18H,9-10,12,21H2,(H,22,23);1H. The molecule has 25 heavy (non-hydrogen) atoms. The van der Waals surface area contributed by atoms with Crippen LogP contribution in [-0.2, 0) is 4.79 Å². The van der Waals surface area contributed by atoms with E-state index in [4.69, 9.17) is 10.5 Å². The Kier molecular flexibility index (Phi) is 7.29. The van der Waals surface area contributed by atoms with E-state index in [9.17, 15) is 4.79 Å². The molecule has 1 aliphatic rings. The summed E-state index contributed by atoms with van der Waals surface area (Å²) in [5.41, 5.74) is 6.63. The topological polar surface area (TPSA) is 64.3 Å². The minimum atomic E-state index is -0.701. The van der Waals surface area contributed by atoms with Crippen LogP contribution >= 0.6 is 28.3 Å². The number of nitrogens with two attached hydrogens (primary N) is 1. The number of carbonyl (C=O) groups excluding carboxylic acids is 1. The van der Waals surface area contributed by atoms with Crippen LogP contribution in [0.4, 0.5) is 0 Å². The van der Waals surface area contributed by atoms with Crippen LogP contribution in [0.15, 0.2) is 59.1 Å². The van der Waals surface area contributed by atoms with Crippen LogP contribution in [0.25, 0.3) is 0 Å². The summed E-state index contributed by atoms with van der Waals surface area (Å²) in [6.45, 7) is 0.453. The normalized spacial score (nSPS) is 15.6. The lowest BCUT2D eigenvalue weighted by atomic mass is 10.1. The number of rotatable bonds is 7. The number of amides is 1. The predicted molar refractivity (Wildman–Crippen MR) is 105 cm³/mol. The lowest BCUT2D eigenvalue weighted by molar-refractivity contribution is -0.129. The van der Waals surface area contributed by atoms with Gasteiger partial charge in [0.05, 0.1) is 0 Å². The number of carbonyl (C=O) groups is 1. The van der Waals surface area contributed by atoms with Crippen LogP contribution in [0.5, 0.6) is 5.75 Å². The molecule has 2 aromatic rings. The lowest BCUT2D eigenvalue weighted by Gasteiger charge is -2.23. The van der Waals surface area contributed by atoms with Crippen LogP contribution in [0.3, 0.4) is 0 Å². The smallest absolute Gasteiger partial charge is 0.266 e. The first-order valence-corrected chi connectivity index (χ1v) is 8.94. The lowest BCUT2D eigenvalue weighted by Crippen LogP contribution is -2.44. The summed E-state index contributed by atoms with van der Waals surface area (Å²) in [4.78, 5) is 12.8. The Balaban J connectivity index is 0.00000225. The summed E-state index contributed by atoms with van der Waals surface area (Å²) in [6.07, 6.45) is 1.56. The SMILES string of the molecule is Cl.NCC(NC(=O)C(Oc1cccc(Br)c1)c1ccccc1)C1CC1. The molecule has 134 valence electrons. The van der Waals surface area contributed by atoms with Gasteiger partial charge >= 0.3 is 0 Å². The average molecular weight is 426 g/mol. The fraction of sp³-hybridized carbons (Fsp3) is 0.316. The van der Waals surface area contributed by atoms with Gasteiger partial charge in [-0.3, -0.25) is 4.79 Å². The van der Waals surface area contributed by atoms with Gasteiger partial charge in [-0.25, -0.2) is 0 Å². The van der Waals surface area contributed by atoms with E-state index in [1.807, 2.05) is 54.6 Å². The third-order valence-corrected chi connectivity index (χ3v) is 4.66. The van der Waals surface area contributed by atoms with Crippen molar-refractivity contribution in [2.75, 3.05) is 6.54 Å². The van der Waals surface area contributed by atoms with Gasteiger partial charge in [-0.2, -0.15) is 0 Å². The zero-order chi connectivity index (χ0) is 16.9. The number of halogens is 2. The van der Waals surface area contributed by atoms with Crippen molar-refractivity contribution in [3.63, 3.8) is 0 Å². The number of nitrogens with one attached hydrogen (secondary N) is 1. The van der Waals surface area contributed by atoms with Crippen LogP contribution < -0.4 is 15.8 Å². The van der Waals surface area contributed by atoms with Crippen molar-refractivity contribution in [1.82, 2.24) is 5.32 Å². The highest BCUT2D eigenvalue weighted by atomic mass is 79.9. The molecular formula is C19H22BrClN2O2. The largest absolute Gasteiger partial charge is 0.476 e. The molecule has 0 aliphatic heterocycles. The van der Waals surface area contributed by atoms with Crippen LogP contribution in [0, 0.1) is 5.92 Å². The molecule has 4 nitrogen and oxygen atoms in total. The minimum absolute atomic E-state index is 0. The second kappa shape index (κ2) is 9.22. The highest BCUT2D eigenvalue weighted by Gasteiger charge is 2.33. The third-order valence-electron chi connectivity index (χ3n) is 4.16. The molecule has 0 spiro atoms. The number of hydrogen-bond acceptors (Lipinski definition) is 3. The molecule has 6 heteroatoms.